The van der Waals surface area contributed by atoms with Gasteiger partial charge in [-0.3, -0.25) is 13.9 Å². The number of carbonyl (C=O) groups is 2. The van der Waals surface area contributed by atoms with Crippen LogP contribution in [0.1, 0.15) is 49.8 Å². The van der Waals surface area contributed by atoms with Crippen molar-refractivity contribution in [3.8, 4) is 0 Å². The second-order valence-electron chi connectivity index (χ2n) is 9.98. The molecule has 0 heterocycles. The molecule has 0 spiro atoms. The first-order valence-corrected chi connectivity index (χ1v) is 15.8. The van der Waals surface area contributed by atoms with Crippen molar-refractivity contribution in [2.45, 2.75) is 64.4 Å². The normalized spacial score (nSPS) is 12.0. The van der Waals surface area contributed by atoms with Crippen LogP contribution in [0.25, 0.3) is 0 Å². The van der Waals surface area contributed by atoms with Crippen molar-refractivity contribution in [3.63, 3.8) is 0 Å². The minimum absolute atomic E-state index is 0.00141. The van der Waals surface area contributed by atoms with E-state index in [2.05, 4.69) is 5.32 Å². The van der Waals surface area contributed by atoms with Crippen molar-refractivity contribution in [1.82, 2.24) is 10.2 Å². The van der Waals surface area contributed by atoms with Crippen LogP contribution in [-0.2, 0) is 26.2 Å². The first kappa shape index (κ1) is 32.4. The van der Waals surface area contributed by atoms with Gasteiger partial charge in [-0.2, -0.15) is 0 Å². The van der Waals surface area contributed by atoms with E-state index in [1.165, 1.54) is 23.1 Å². The summed E-state index contributed by atoms with van der Waals surface area (Å²) in [5.74, 6) is -0.827. The molecule has 0 bridgehead atoms. The Balaban J connectivity index is 2.08. The Morgan fingerprint density at radius 1 is 0.927 bits per heavy atom. The average Bonchev–Trinajstić information content (AvgIpc) is 2.93. The number of aryl methyl sites for hydroxylation is 2. The molecule has 7 nitrogen and oxygen atoms in total. The topological polar surface area (TPSA) is 86.8 Å². The quantitative estimate of drug-likeness (QED) is 0.221. The lowest BCUT2D eigenvalue weighted by molar-refractivity contribution is -0.140. The highest BCUT2D eigenvalue weighted by molar-refractivity contribution is 7.92. The second kappa shape index (κ2) is 14.7. The minimum atomic E-state index is -4.25. The zero-order valence-electron chi connectivity index (χ0n) is 23.9. The van der Waals surface area contributed by atoms with Gasteiger partial charge < -0.3 is 10.2 Å². The summed E-state index contributed by atoms with van der Waals surface area (Å²) in [5.41, 5.74) is 2.79. The fourth-order valence-electron chi connectivity index (χ4n) is 4.47. The molecule has 0 saturated carbocycles. The molecular weight excluding hydrogens is 581 g/mol. The van der Waals surface area contributed by atoms with E-state index in [9.17, 15) is 18.0 Å². The predicted octanol–water partition coefficient (Wildman–Crippen LogP) is 6.53. The number of unbranched alkanes of at least 4 members (excludes halogenated alkanes) is 1. The first-order chi connectivity index (χ1) is 19.5. The Bertz CT molecular complexity index is 1460. The van der Waals surface area contributed by atoms with Gasteiger partial charge in [0.15, 0.2) is 0 Å². The molecule has 1 N–H and O–H groups in total. The number of nitrogens with one attached hydrogen (secondary N) is 1. The van der Waals surface area contributed by atoms with Crippen molar-refractivity contribution < 1.29 is 18.0 Å². The molecule has 220 valence electrons. The molecule has 0 aliphatic carbocycles. The van der Waals surface area contributed by atoms with Crippen LogP contribution >= 0.6 is 23.2 Å². The van der Waals surface area contributed by atoms with Crippen LogP contribution in [0.15, 0.2) is 71.6 Å². The highest BCUT2D eigenvalue weighted by Crippen LogP contribution is 2.35. The molecule has 0 aliphatic heterocycles. The molecule has 3 aromatic rings. The van der Waals surface area contributed by atoms with Gasteiger partial charge in [-0.25, -0.2) is 8.42 Å². The van der Waals surface area contributed by atoms with Gasteiger partial charge in [0.1, 0.15) is 12.6 Å². The largest absolute Gasteiger partial charge is 0.354 e. The standard InChI is InChI=1S/C31H37Cl2N3O4S/c1-5-7-18-34-31(38)27(6-2)35(20-24-11-8-10-23(4)19-24)29(37)21-36(28-13-9-12-26(32)30(28)33)41(39,40)25-16-14-22(3)15-17-25/h8-17,19,27H,5-7,18,20-21H2,1-4H3,(H,34,38). The second-order valence-corrected chi connectivity index (χ2v) is 12.6. The number of rotatable bonds is 13. The van der Waals surface area contributed by atoms with E-state index in [0.29, 0.717) is 13.0 Å². The molecule has 1 atom stereocenters. The van der Waals surface area contributed by atoms with Crippen molar-refractivity contribution in [1.29, 1.82) is 0 Å². The van der Waals surface area contributed by atoms with E-state index in [1.54, 1.807) is 24.3 Å². The van der Waals surface area contributed by atoms with Gasteiger partial charge in [-0.1, -0.05) is 97.1 Å². The van der Waals surface area contributed by atoms with E-state index in [-0.39, 0.29) is 33.1 Å². The average molecular weight is 619 g/mol. The van der Waals surface area contributed by atoms with E-state index in [0.717, 1.165) is 33.8 Å². The van der Waals surface area contributed by atoms with Gasteiger partial charge in [0.2, 0.25) is 11.8 Å². The minimum Gasteiger partial charge on any atom is -0.354 e. The van der Waals surface area contributed by atoms with Crippen LogP contribution < -0.4 is 9.62 Å². The summed E-state index contributed by atoms with van der Waals surface area (Å²) in [5, 5.41) is 3.09. The molecule has 0 radical (unpaired) electrons. The van der Waals surface area contributed by atoms with Crippen LogP contribution in [0.2, 0.25) is 10.0 Å². The summed E-state index contributed by atoms with van der Waals surface area (Å²) in [6, 6.07) is 17.8. The van der Waals surface area contributed by atoms with Gasteiger partial charge in [-0.15, -0.1) is 0 Å². The van der Waals surface area contributed by atoms with Crippen molar-refractivity contribution in [3.05, 3.63) is 93.5 Å². The summed E-state index contributed by atoms with van der Waals surface area (Å²) >= 11 is 12.8. The summed E-state index contributed by atoms with van der Waals surface area (Å²) in [6.45, 7) is 7.69. The van der Waals surface area contributed by atoms with Gasteiger partial charge in [0.05, 0.1) is 20.6 Å². The number of sulfonamides is 1. The number of halogens is 2. The zero-order chi connectivity index (χ0) is 30.2. The van der Waals surface area contributed by atoms with E-state index >= 15 is 0 Å². The SMILES string of the molecule is CCCCNC(=O)C(CC)N(Cc1cccc(C)c1)C(=O)CN(c1cccc(Cl)c1Cl)S(=O)(=O)c1ccc(C)cc1. The smallest absolute Gasteiger partial charge is 0.264 e. The summed E-state index contributed by atoms with van der Waals surface area (Å²) in [6.07, 6.45) is 2.07. The maximum Gasteiger partial charge on any atom is 0.264 e. The zero-order valence-corrected chi connectivity index (χ0v) is 26.2. The molecule has 2 amide bonds. The van der Waals surface area contributed by atoms with E-state index < -0.39 is 28.5 Å². The van der Waals surface area contributed by atoms with Gasteiger partial charge >= 0.3 is 0 Å². The summed E-state index contributed by atoms with van der Waals surface area (Å²) in [4.78, 5) is 28.9. The molecule has 0 aliphatic rings. The van der Waals surface area contributed by atoms with Gasteiger partial charge in [-0.05, 0) is 56.5 Å². The van der Waals surface area contributed by atoms with Crippen molar-refractivity contribution >= 4 is 50.7 Å². The Kier molecular flexibility index (Phi) is 11.6. The number of hydrogen-bond acceptors (Lipinski definition) is 4. The van der Waals surface area contributed by atoms with Crippen molar-refractivity contribution in [2.75, 3.05) is 17.4 Å². The molecule has 0 aromatic heterocycles. The number of hydrogen-bond donors (Lipinski definition) is 1. The number of benzene rings is 3. The third kappa shape index (κ3) is 8.24. The Hall–Kier alpha value is -3.07. The molecule has 41 heavy (non-hydrogen) atoms. The molecule has 0 saturated heterocycles. The Morgan fingerprint density at radius 3 is 2.24 bits per heavy atom. The lowest BCUT2D eigenvalue weighted by Gasteiger charge is -2.33. The third-order valence-corrected chi connectivity index (χ3v) is 9.32. The number of carbonyl (C=O) groups excluding carboxylic acids is 2. The van der Waals surface area contributed by atoms with E-state index in [1.807, 2.05) is 52.0 Å². The summed E-state index contributed by atoms with van der Waals surface area (Å²) < 4.78 is 29.0. The Labute approximate surface area is 253 Å². The monoisotopic (exact) mass is 617 g/mol. The summed E-state index contributed by atoms with van der Waals surface area (Å²) in [7, 11) is -4.25. The van der Waals surface area contributed by atoms with E-state index in [4.69, 9.17) is 23.2 Å². The van der Waals surface area contributed by atoms with Crippen LogP contribution in [0.4, 0.5) is 5.69 Å². The van der Waals surface area contributed by atoms with Crippen LogP contribution in [-0.4, -0.2) is 44.3 Å². The molecule has 1 unspecified atom stereocenters. The number of anilines is 1. The highest BCUT2D eigenvalue weighted by Gasteiger charge is 2.34. The molecule has 3 rings (SSSR count). The van der Waals surface area contributed by atoms with Gasteiger partial charge in [0.25, 0.3) is 10.0 Å². The maximum absolute atomic E-state index is 14.1. The molecule has 3 aromatic carbocycles. The van der Waals surface area contributed by atoms with Crippen LogP contribution in [0.3, 0.4) is 0 Å². The molecular formula is C31H37Cl2N3O4S. The van der Waals surface area contributed by atoms with Crippen LogP contribution in [0, 0.1) is 13.8 Å². The van der Waals surface area contributed by atoms with Crippen LogP contribution in [0.5, 0.6) is 0 Å². The molecule has 0 fully saturated rings. The third-order valence-electron chi connectivity index (χ3n) is 6.74. The highest BCUT2D eigenvalue weighted by atomic mass is 35.5. The fourth-order valence-corrected chi connectivity index (χ4v) is 6.34. The van der Waals surface area contributed by atoms with Gasteiger partial charge in [0, 0.05) is 13.1 Å². The number of nitrogens with zero attached hydrogens (tertiary/aromatic N) is 2. The maximum atomic E-state index is 14.1. The molecule has 10 heteroatoms. The van der Waals surface area contributed by atoms with Crippen molar-refractivity contribution in [2.24, 2.45) is 0 Å². The lowest BCUT2D eigenvalue weighted by atomic mass is 10.1. The predicted molar refractivity (Wildman–Crippen MR) is 166 cm³/mol. The fraction of sp³-hybridized carbons (Fsp3) is 0.355. The number of amides is 2. The Morgan fingerprint density at radius 2 is 1.61 bits per heavy atom. The lowest BCUT2D eigenvalue weighted by Crippen LogP contribution is -2.52. The first-order valence-electron chi connectivity index (χ1n) is 13.7.